The van der Waals surface area contributed by atoms with Crippen LogP contribution in [0.15, 0.2) is 40.9 Å². The van der Waals surface area contributed by atoms with E-state index in [1.165, 1.54) is 22.3 Å². The summed E-state index contributed by atoms with van der Waals surface area (Å²) in [7, 11) is 2.01. The Balaban J connectivity index is 2.12. The van der Waals surface area contributed by atoms with Gasteiger partial charge in [-0.2, -0.15) is 0 Å². The zero-order valence-corrected chi connectivity index (χ0v) is 15.1. The zero-order chi connectivity index (χ0) is 15.4. The maximum absolute atomic E-state index is 6.33. The number of hydrogen-bond donors (Lipinski definition) is 1. The maximum atomic E-state index is 6.33. The van der Waals surface area contributed by atoms with E-state index in [4.69, 9.17) is 11.6 Å². The van der Waals surface area contributed by atoms with Gasteiger partial charge in [-0.1, -0.05) is 62.9 Å². The molecule has 2 rings (SSSR count). The molecule has 1 nitrogen and oxygen atoms in total. The molecule has 0 aromatic heterocycles. The van der Waals surface area contributed by atoms with E-state index >= 15 is 0 Å². The summed E-state index contributed by atoms with van der Waals surface area (Å²) >= 11 is 9.78. The Kier molecular flexibility index (Phi) is 5.86. The van der Waals surface area contributed by atoms with Crippen molar-refractivity contribution in [3.05, 3.63) is 68.1 Å². The van der Waals surface area contributed by atoms with E-state index in [1.807, 2.05) is 19.2 Å². The van der Waals surface area contributed by atoms with Crippen molar-refractivity contribution in [3.63, 3.8) is 0 Å². The predicted octanol–water partition coefficient (Wildman–Crippen LogP) is 5.09. The number of hydrogen-bond acceptors (Lipinski definition) is 1. The van der Waals surface area contributed by atoms with Crippen molar-refractivity contribution in [1.82, 2.24) is 5.32 Å². The van der Waals surface area contributed by atoms with Gasteiger partial charge in [0.1, 0.15) is 0 Å². The lowest BCUT2D eigenvalue weighted by atomic mass is 9.97. The van der Waals surface area contributed by atoms with Gasteiger partial charge in [-0.15, -0.1) is 0 Å². The Labute approximate surface area is 140 Å². The van der Waals surface area contributed by atoms with Crippen molar-refractivity contribution in [2.45, 2.75) is 32.7 Å². The van der Waals surface area contributed by atoms with Crippen molar-refractivity contribution in [3.8, 4) is 0 Å². The number of aryl methyl sites for hydroxylation is 2. The highest BCUT2D eigenvalue weighted by Gasteiger charge is 2.11. The molecule has 0 fully saturated rings. The number of halogens is 2. The van der Waals surface area contributed by atoms with Gasteiger partial charge in [0.2, 0.25) is 0 Å². The van der Waals surface area contributed by atoms with E-state index in [0.29, 0.717) is 6.04 Å². The Bertz CT molecular complexity index is 604. The summed E-state index contributed by atoms with van der Waals surface area (Å²) in [4.78, 5) is 0. The monoisotopic (exact) mass is 365 g/mol. The Hall–Kier alpha value is -0.830. The Morgan fingerprint density at radius 2 is 1.71 bits per heavy atom. The van der Waals surface area contributed by atoms with Crippen molar-refractivity contribution in [2.75, 3.05) is 7.05 Å². The number of nitrogens with one attached hydrogen (secondary N) is 1. The van der Waals surface area contributed by atoms with Crippen LogP contribution >= 0.6 is 27.5 Å². The fourth-order valence-electron chi connectivity index (χ4n) is 2.70. The molecule has 1 unspecified atom stereocenters. The molecule has 0 aliphatic rings. The molecule has 0 bridgehead atoms. The van der Waals surface area contributed by atoms with Crippen molar-refractivity contribution < 1.29 is 0 Å². The van der Waals surface area contributed by atoms with E-state index in [9.17, 15) is 0 Å². The summed E-state index contributed by atoms with van der Waals surface area (Å²) in [5.41, 5.74) is 5.20. The molecule has 0 spiro atoms. The van der Waals surface area contributed by atoms with Crippen molar-refractivity contribution in [1.29, 1.82) is 0 Å². The molecule has 1 atom stereocenters. The second-order valence-corrected chi connectivity index (χ2v) is 6.95. The minimum absolute atomic E-state index is 0.380. The van der Waals surface area contributed by atoms with Gasteiger partial charge in [-0.05, 0) is 57.0 Å². The topological polar surface area (TPSA) is 12.0 Å². The summed E-state index contributed by atoms with van der Waals surface area (Å²) in [5, 5.41) is 4.23. The van der Waals surface area contributed by atoms with E-state index in [2.05, 4.69) is 59.4 Å². The molecule has 112 valence electrons. The van der Waals surface area contributed by atoms with Crippen LogP contribution in [0.4, 0.5) is 0 Å². The van der Waals surface area contributed by atoms with Gasteiger partial charge in [0.05, 0.1) is 0 Å². The molecule has 0 aliphatic heterocycles. The van der Waals surface area contributed by atoms with Crippen LogP contribution in [0, 0.1) is 13.8 Å². The molecule has 21 heavy (non-hydrogen) atoms. The summed E-state index contributed by atoms with van der Waals surface area (Å²) in [5.74, 6) is 0. The molecular formula is C18H21BrClN. The second kappa shape index (κ2) is 7.44. The highest BCUT2D eigenvalue weighted by molar-refractivity contribution is 9.10. The van der Waals surface area contributed by atoms with Gasteiger partial charge in [0.25, 0.3) is 0 Å². The second-order valence-electron chi connectivity index (χ2n) is 5.63. The molecule has 2 aromatic carbocycles. The van der Waals surface area contributed by atoms with Crippen LogP contribution in [0.25, 0.3) is 0 Å². The summed E-state index contributed by atoms with van der Waals surface area (Å²) in [6, 6.07) is 13.2. The van der Waals surface area contributed by atoms with E-state index in [1.54, 1.807) is 0 Å². The summed E-state index contributed by atoms with van der Waals surface area (Å²) in [6.45, 7) is 4.30. The van der Waals surface area contributed by atoms with Crippen LogP contribution in [0.1, 0.15) is 22.3 Å². The Morgan fingerprint density at radius 3 is 2.29 bits per heavy atom. The standard InChI is InChI=1S/C18H21BrClN/c1-12-6-13(2)8-14(7-12)9-17(21-3)10-15-4-5-16(19)11-18(15)20/h4-8,11,17,21H,9-10H2,1-3H3. The SMILES string of the molecule is CNC(Cc1cc(C)cc(C)c1)Cc1ccc(Br)cc1Cl. The third kappa shape index (κ3) is 4.84. The third-order valence-corrected chi connectivity index (χ3v) is 4.50. The predicted molar refractivity (Wildman–Crippen MR) is 95.3 cm³/mol. The lowest BCUT2D eigenvalue weighted by Crippen LogP contribution is -2.30. The molecule has 0 saturated carbocycles. The molecule has 0 aliphatic carbocycles. The van der Waals surface area contributed by atoms with Crippen LogP contribution in [0.2, 0.25) is 5.02 Å². The lowest BCUT2D eigenvalue weighted by Gasteiger charge is -2.18. The van der Waals surface area contributed by atoms with Gasteiger partial charge in [-0.25, -0.2) is 0 Å². The first kappa shape index (κ1) is 16.5. The zero-order valence-electron chi connectivity index (χ0n) is 12.7. The average Bonchev–Trinajstić information content (AvgIpc) is 2.39. The third-order valence-electron chi connectivity index (χ3n) is 3.65. The normalized spacial score (nSPS) is 12.4. The first-order valence-corrected chi connectivity index (χ1v) is 8.33. The molecule has 0 saturated heterocycles. The van der Waals surface area contributed by atoms with Gasteiger partial charge >= 0.3 is 0 Å². The van der Waals surface area contributed by atoms with Crippen LogP contribution in [0.5, 0.6) is 0 Å². The smallest absolute Gasteiger partial charge is 0.0449 e. The first-order valence-electron chi connectivity index (χ1n) is 7.16. The summed E-state index contributed by atoms with van der Waals surface area (Å²) in [6.07, 6.45) is 1.93. The lowest BCUT2D eigenvalue weighted by molar-refractivity contribution is 0.556. The minimum Gasteiger partial charge on any atom is -0.316 e. The van der Waals surface area contributed by atoms with Gasteiger partial charge in [0.15, 0.2) is 0 Å². The van der Waals surface area contributed by atoms with E-state index < -0.39 is 0 Å². The largest absolute Gasteiger partial charge is 0.316 e. The van der Waals surface area contributed by atoms with Gasteiger partial charge in [0, 0.05) is 15.5 Å². The number of benzene rings is 2. The van der Waals surface area contributed by atoms with Crippen LogP contribution in [-0.2, 0) is 12.8 Å². The molecule has 3 heteroatoms. The van der Waals surface area contributed by atoms with Crippen LogP contribution < -0.4 is 5.32 Å². The summed E-state index contributed by atoms with van der Waals surface area (Å²) < 4.78 is 1.02. The number of rotatable bonds is 5. The van der Waals surface area contributed by atoms with Crippen LogP contribution in [-0.4, -0.2) is 13.1 Å². The van der Waals surface area contributed by atoms with E-state index in [0.717, 1.165) is 22.3 Å². The van der Waals surface area contributed by atoms with E-state index in [-0.39, 0.29) is 0 Å². The highest BCUT2D eigenvalue weighted by Crippen LogP contribution is 2.23. The Morgan fingerprint density at radius 1 is 1.05 bits per heavy atom. The fraction of sp³-hybridized carbons (Fsp3) is 0.333. The maximum Gasteiger partial charge on any atom is 0.0449 e. The average molecular weight is 367 g/mol. The van der Waals surface area contributed by atoms with Crippen LogP contribution in [0.3, 0.4) is 0 Å². The molecule has 0 amide bonds. The van der Waals surface area contributed by atoms with Gasteiger partial charge < -0.3 is 5.32 Å². The molecular weight excluding hydrogens is 346 g/mol. The quantitative estimate of drug-likeness (QED) is 0.777. The molecule has 1 N–H and O–H groups in total. The molecule has 0 heterocycles. The highest BCUT2D eigenvalue weighted by atomic mass is 79.9. The fourth-order valence-corrected chi connectivity index (χ4v) is 3.45. The van der Waals surface area contributed by atoms with Gasteiger partial charge in [-0.3, -0.25) is 0 Å². The first-order chi connectivity index (χ1) is 9.97. The number of likely N-dealkylation sites (N-methyl/N-ethyl adjacent to an activating group) is 1. The van der Waals surface area contributed by atoms with Crippen molar-refractivity contribution in [2.24, 2.45) is 0 Å². The molecule has 0 radical (unpaired) electrons. The van der Waals surface area contributed by atoms with Crippen molar-refractivity contribution >= 4 is 27.5 Å². The minimum atomic E-state index is 0.380. The molecule has 2 aromatic rings.